The van der Waals surface area contributed by atoms with Crippen molar-refractivity contribution >= 4 is 0 Å². The fraction of sp³-hybridized carbons (Fsp3) is 0.714. The Morgan fingerprint density at radius 1 is 1.41 bits per heavy atom. The highest BCUT2D eigenvalue weighted by molar-refractivity contribution is 5.20. The normalized spacial score (nSPS) is 13.3. The molecular formula is C14H26N2O. The Bertz CT molecular complexity index is 333. The van der Waals surface area contributed by atoms with Gasteiger partial charge in [-0.2, -0.15) is 0 Å². The van der Waals surface area contributed by atoms with Crippen molar-refractivity contribution < 1.29 is 4.42 Å². The summed E-state index contributed by atoms with van der Waals surface area (Å²) in [5.74, 6) is 2.64. The van der Waals surface area contributed by atoms with Gasteiger partial charge in [0.05, 0.1) is 6.54 Å². The first-order chi connectivity index (χ1) is 8.10. The molecule has 3 heteroatoms. The third-order valence-corrected chi connectivity index (χ3v) is 3.38. The second kappa shape index (κ2) is 6.82. The Morgan fingerprint density at radius 2 is 2.12 bits per heavy atom. The van der Waals surface area contributed by atoms with Crippen LogP contribution in [-0.4, -0.2) is 18.0 Å². The minimum Gasteiger partial charge on any atom is -0.465 e. The SMILES string of the molecule is CCC(C)CN(CC)Cc1cc(CN)oc1C. The van der Waals surface area contributed by atoms with Crippen LogP contribution in [0.25, 0.3) is 0 Å². The highest BCUT2D eigenvalue weighted by atomic mass is 16.3. The zero-order chi connectivity index (χ0) is 12.8. The van der Waals surface area contributed by atoms with Crippen LogP contribution >= 0.6 is 0 Å². The van der Waals surface area contributed by atoms with Crippen molar-refractivity contribution in [1.29, 1.82) is 0 Å². The smallest absolute Gasteiger partial charge is 0.118 e. The third-order valence-electron chi connectivity index (χ3n) is 3.38. The summed E-state index contributed by atoms with van der Waals surface area (Å²) < 4.78 is 5.59. The van der Waals surface area contributed by atoms with E-state index in [1.807, 2.05) is 6.92 Å². The summed E-state index contributed by atoms with van der Waals surface area (Å²) in [6.07, 6.45) is 1.23. The molecule has 0 bridgehead atoms. The summed E-state index contributed by atoms with van der Waals surface area (Å²) in [6.45, 7) is 12.5. The van der Waals surface area contributed by atoms with Gasteiger partial charge in [0.1, 0.15) is 11.5 Å². The van der Waals surface area contributed by atoms with Gasteiger partial charge in [0.15, 0.2) is 0 Å². The largest absolute Gasteiger partial charge is 0.465 e. The molecule has 0 aliphatic carbocycles. The van der Waals surface area contributed by atoms with Crippen molar-refractivity contribution in [2.24, 2.45) is 11.7 Å². The molecule has 17 heavy (non-hydrogen) atoms. The van der Waals surface area contributed by atoms with Crippen molar-refractivity contribution in [2.75, 3.05) is 13.1 Å². The minimum atomic E-state index is 0.484. The summed E-state index contributed by atoms with van der Waals surface area (Å²) in [7, 11) is 0. The fourth-order valence-corrected chi connectivity index (χ4v) is 1.96. The Hall–Kier alpha value is -0.800. The summed E-state index contributed by atoms with van der Waals surface area (Å²) in [4.78, 5) is 2.46. The van der Waals surface area contributed by atoms with Crippen LogP contribution in [0, 0.1) is 12.8 Å². The molecule has 0 radical (unpaired) electrons. The van der Waals surface area contributed by atoms with Crippen molar-refractivity contribution in [3.05, 3.63) is 23.2 Å². The lowest BCUT2D eigenvalue weighted by atomic mass is 10.1. The van der Waals surface area contributed by atoms with E-state index in [1.165, 1.54) is 12.0 Å². The first kappa shape index (κ1) is 14.3. The Kier molecular flexibility index (Phi) is 5.72. The zero-order valence-electron chi connectivity index (χ0n) is 11.6. The maximum absolute atomic E-state index is 5.59. The molecule has 0 aliphatic heterocycles. The van der Waals surface area contributed by atoms with E-state index in [-0.39, 0.29) is 0 Å². The summed E-state index contributed by atoms with van der Waals surface area (Å²) in [6, 6.07) is 2.09. The number of furan rings is 1. The second-order valence-electron chi connectivity index (χ2n) is 4.84. The number of aryl methyl sites for hydroxylation is 1. The highest BCUT2D eigenvalue weighted by Crippen LogP contribution is 2.17. The molecule has 0 spiro atoms. The summed E-state index contributed by atoms with van der Waals surface area (Å²) in [5, 5.41) is 0. The predicted octanol–water partition coefficient (Wildman–Crippen LogP) is 2.91. The maximum atomic E-state index is 5.59. The van der Waals surface area contributed by atoms with Crippen molar-refractivity contribution in [1.82, 2.24) is 4.90 Å². The van der Waals surface area contributed by atoms with Gasteiger partial charge in [-0.15, -0.1) is 0 Å². The van der Waals surface area contributed by atoms with Crippen LogP contribution in [0.2, 0.25) is 0 Å². The molecule has 1 heterocycles. The van der Waals surface area contributed by atoms with Gasteiger partial charge in [-0.1, -0.05) is 27.2 Å². The van der Waals surface area contributed by atoms with E-state index < -0.39 is 0 Å². The maximum Gasteiger partial charge on any atom is 0.118 e. The van der Waals surface area contributed by atoms with E-state index in [0.717, 1.165) is 37.1 Å². The molecule has 1 aromatic heterocycles. The van der Waals surface area contributed by atoms with E-state index >= 15 is 0 Å². The number of nitrogens with two attached hydrogens (primary N) is 1. The van der Waals surface area contributed by atoms with Gasteiger partial charge in [0.2, 0.25) is 0 Å². The van der Waals surface area contributed by atoms with Crippen LogP contribution < -0.4 is 5.73 Å². The van der Waals surface area contributed by atoms with Crippen LogP contribution in [0.1, 0.15) is 44.3 Å². The van der Waals surface area contributed by atoms with Crippen LogP contribution in [0.3, 0.4) is 0 Å². The monoisotopic (exact) mass is 238 g/mol. The molecule has 2 N–H and O–H groups in total. The van der Waals surface area contributed by atoms with E-state index in [2.05, 4.69) is 31.7 Å². The molecule has 1 unspecified atom stereocenters. The molecule has 0 aromatic carbocycles. The van der Waals surface area contributed by atoms with Crippen LogP contribution in [0.5, 0.6) is 0 Å². The molecular weight excluding hydrogens is 212 g/mol. The van der Waals surface area contributed by atoms with Gasteiger partial charge in [-0.25, -0.2) is 0 Å². The van der Waals surface area contributed by atoms with E-state index in [9.17, 15) is 0 Å². The number of nitrogens with zero attached hydrogens (tertiary/aromatic N) is 1. The van der Waals surface area contributed by atoms with Gasteiger partial charge in [0, 0.05) is 18.7 Å². The number of hydrogen-bond acceptors (Lipinski definition) is 3. The lowest BCUT2D eigenvalue weighted by Gasteiger charge is -2.23. The van der Waals surface area contributed by atoms with Gasteiger partial charge in [0.25, 0.3) is 0 Å². The molecule has 0 amide bonds. The Balaban J connectivity index is 2.63. The molecule has 1 atom stereocenters. The molecule has 98 valence electrons. The van der Waals surface area contributed by atoms with E-state index in [0.29, 0.717) is 6.54 Å². The lowest BCUT2D eigenvalue weighted by molar-refractivity contribution is 0.237. The first-order valence-corrected chi connectivity index (χ1v) is 6.61. The highest BCUT2D eigenvalue weighted by Gasteiger charge is 2.12. The minimum absolute atomic E-state index is 0.484. The molecule has 0 aliphatic rings. The standard InChI is InChI=1S/C14H26N2O/c1-5-11(3)9-16(6-2)10-13-7-14(8-15)17-12(13)4/h7,11H,5-6,8-10,15H2,1-4H3. The van der Waals surface area contributed by atoms with Crippen molar-refractivity contribution in [2.45, 2.75) is 47.2 Å². The predicted molar refractivity (Wildman–Crippen MR) is 71.7 cm³/mol. The average molecular weight is 238 g/mol. The van der Waals surface area contributed by atoms with Crippen molar-refractivity contribution in [3.63, 3.8) is 0 Å². The number of hydrogen-bond donors (Lipinski definition) is 1. The molecule has 0 fully saturated rings. The number of rotatable bonds is 7. The lowest BCUT2D eigenvalue weighted by Crippen LogP contribution is -2.27. The van der Waals surface area contributed by atoms with Crippen LogP contribution in [0.15, 0.2) is 10.5 Å². The first-order valence-electron chi connectivity index (χ1n) is 6.61. The van der Waals surface area contributed by atoms with Gasteiger partial charge >= 0.3 is 0 Å². The molecule has 1 rings (SSSR count). The van der Waals surface area contributed by atoms with E-state index in [1.54, 1.807) is 0 Å². The fourth-order valence-electron chi connectivity index (χ4n) is 1.96. The molecule has 3 nitrogen and oxygen atoms in total. The summed E-state index contributed by atoms with van der Waals surface area (Å²) >= 11 is 0. The third kappa shape index (κ3) is 4.17. The van der Waals surface area contributed by atoms with Gasteiger partial charge in [-0.05, 0) is 25.5 Å². The van der Waals surface area contributed by atoms with Gasteiger partial charge in [-0.3, -0.25) is 4.90 Å². The molecule has 1 aromatic rings. The van der Waals surface area contributed by atoms with Crippen LogP contribution in [0.4, 0.5) is 0 Å². The van der Waals surface area contributed by atoms with Crippen molar-refractivity contribution in [3.8, 4) is 0 Å². The summed E-state index contributed by atoms with van der Waals surface area (Å²) in [5.41, 5.74) is 6.86. The molecule has 0 saturated heterocycles. The Labute approximate surface area is 105 Å². The second-order valence-corrected chi connectivity index (χ2v) is 4.84. The zero-order valence-corrected chi connectivity index (χ0v) is 11.6. The topological polar surface area (TPSA) is 42.4 Å². The van der Waals surface area contributed by atoms with Gasteiger partial charge < -0.3 is 10.2 Å². The quantitative estimate of drug-likeness (QED) is 0.794. The molecule has 0 saturated carbocycles. The van der Waals surface area contributed by atoms with Crippen LogP contribution in [-0.2, 0) is 13.1 Å². The Morgan fingerprint density at radius 3 is 2.59 bits per heavy atom. The average Bonchev–Trinajstić information content (AvgIpc) is 2.69. The van der Waals surface area contributed by atoms with E-state index in [4.69, 9.17) is 10.2 Å².